The highest BCUT2D eigenvalue weighted by atomic mass is 16.5. The molecule has 170 valence electrons. The Labute approximate surface area is 197 Å². The van der Waals surface area contributed by atoms with Crippen LogP contribution >= 0.6 is 0 Å². The van der Waals surface area contributed by atoms with Crippen LogP contribution in [0.2, 0.25) is 0 Å². The van der Waals surface area contributed by atoms with E-state index in [4.69, 9.17) is 14.2 Å². The van der Waals surface area contributed by atoms with E-state index >= 15 is 0 Å². The average Bonchev–Trinajstić information content (AvgIpc) is 3.34. The molecule has 1 unspecified atom stereocenters. The van der Waals surface area contributed by atoms with Gasteiger partial charge in [-0.15, -0.1) is 0 Å². The summed E-state index contributed by atoms with van der Waals surface area (Å²) < 4.78 is 11.1. The fraction of sp³-hybridized carbons (Fsp3) is 0.148. The number of carbonyl (C=O) groups excluding carboxylic acids is 1. The Bertz CT molecular complexity index is 1360. The molecule has 5 rings (SSSR count). The molecular weight excluding hydrogens is 428 g/mol. The minimum absolute atomic E-state index is 0.248. The molecule has 0 aliphatic carbocycles. The molecule has 0 radical (unpaired) electrons. The van der Waals surface area contributed by atoms with Gasteiger partial charge in [-0.3, -0.25) is 4.90 Å². The van der Waals surface area contributed by atoms with Crippen molar-refractivity contribution in [1.82, 2.24) is 15.5 Å². The Morgan fingerprint density at radius 1 is 0.971 bits per heavy atom. The van der Waals surface area contributed by atoms with E-state index in [9.17, 15) is 4.79 Å². The van der Waals surface area contributed by atoms with Gasteiger partial charge in [0.05, 0.1) is 24.4 Å². The quantitative estimate of drug-likeness (QED) is 0.417. The van der Waals surface area contributed by atoms with E-state index in [1.807, 2.05) is 92.7 Å². The number of nitrogens with zero attached hydrogens (tertiary/aromatic N) is 3. The number of methoxy groups -OCH3 is 1. The first-order valence-electron chi connectivity index (χ1n) is 11.0. The lowest BCUT2D eigenvalue weighted by molar-refractivity contribution is 0.244. The lowest BCUT2D eigenvalue weighted by Gasteiger charge is -2.35. The molecule has 7 heteroatoms. The molecule has 3 aromatic carbocycles. The van der Waals surface area contributed by atoms with Gasteiger partial charge in [0.1, 0.15) is 5.75 Å². The third-order valence-electron chi connectivity index (χ3n) is 5.90. The van der Waals surface area contributed by atoms with Crippen LogP contribution in [0, 0.1) is 6.92 Å². The summed E-state index contributed by atoms with van der Waals surface area (Å²) in [6.45, 7) is 3.92. The maximum Gasteiger partial charge on any atom is 0.327 e. The van der Waals surface area contributed by atoms with Crippen LogP contribution in [0.4, 0.5) is 10.5 Å². The highest BCUT2D eigenvalue weighted by Crippen LogP contribution is 2.39. The number of nitrogens with one attached hydrogen (secondary N) is 1. The summed E-state index contributed by atoms with van der Waals surface area (Å²) in [5, 5.41) is 7.34. The van der Waals surface area contributed by atoms with Crippen LogP contribution in [0.25, 0.3) is 17.0 Å². The third kappa shape index (κ3) is 3.92. The Kier molecular flexibility index (Phi) is 5.59. The summed E-state index contributed by atoms with van der Waals surface area (Å²) in [5.74, 6) is 1.51. The van der Waals surface area contributed by atoms with Gasteiger partial charge in [0.15, 0.2) is 0 Å². The molecule has 4 aromatic rings. The molecule has 0 saturated carbocycles. The van der Waals surface area contributed by atoms with Crippen molar-refractivity contribution < 1.29 is 14.1 Å². The largest absolute Gasteiger partial charge is 0.497 e. The van der Waals surface area contributed by atoms with Crippen molar-refractivity contribution in [1.29, 1.82) is 0 Å². The number of aromatic nitrogens is 2. The van der Waals surface area contributed by atoms with E-state index in [2.05, 4.69) is 10.5 Å². The zero-order chi connectivity index (χ0) is 23.7. The summed E-state index contributed by atoms with van der Waals surface area (Å²) in [5.41, 5.74) is 5.05. The summed E-state index contributed by atoms with van der Waals surface area (Å²) in [7, 11) is 1.60. The number of aryl methyl sites for hydroxylation is 1. The summed E-state index contributed by atoms with van der Waals surface area (Å²) in [4.78, 5) is 19.6. The van der Waals surface area contributed by atoms with Gasteiger partial charge >= 0.3 is 6.03 Å². The minimum Gasteiger partial charge on any atom is -0.497 e. The maximum atomic E-state index is 13.3. The predicted molar refractivity (Wildman–Crippen MR) is 130 cm³/mol. The van der Waals surface area contributed by atoms with Crippen molar-refractivity contribution in [2.24, 2.45) is 0 Å². The van der Waals surface area contributed by atoms with Gasteiger partial charge < -0.3 is 14.6 Å². The fourth-order valence-corrected chi connectivity index (χ4v) is 4.13. The number of allylic oxidation sites excluding steroid dienone is 1. The SMILES string of the molecule is COc1cccc(N2C(=O)NC(c3ccccc3)C(c3nc(-c4ccc(C)cc4)no3)=C2C)c1. The van der Waals surface area contributed by atoms with Gasteiger partial charge in [0.2, 0.25) is 5.82 Å². The summed E-state index contributed by atoms with van der Waals surface area (Å²) in [6.07, 6.45) is 0. The normalized spacial score (nSPS) is 15.9. The first kappa shape index (κ1) is 21.5. The minimum atomic E-state index is -0.443. The molecule has 1 N–H and O–H groups in total. The molecule has 1 aliphatic heterocycles. The standard InChI is InChI=1S/C27H24N4O3/c1-17-12-14-20(15-13-17)25-29-26(34-30-25)23-18(2)31(21-10-7-11-22(16-21)33-3)27(32)28-24(23)19-8-5-4-6-9-19/h4-16,24H,1-3H3,(H,28,32). The van der Waals surface area contributed by atoms with Gasteiger partial charge in [-0.1, -0.05) is 71.4 Å². The zero-order valence-corrected chi connectivity index (χ0v) is 19.1. The third-order valence-corrected chi connectivity index (χ3v) is 5.90. The van der Waals surface area contributed by atoms with Crippen molar-refractivity contribution in [2.45, 2.75) is 19.9 Å². The second-order valence-corrected chi connectivity index (χ2v) is 8.12. The van der Waals surface area contributed by atoms with Crippen LogP contribution in [0.1, 0.15) is 30.0 Å². The number of amides is 2. The van der Waals surface area contributed by atoms with Crippen LogP contribution in [-0.4, -0.2) is 23.3 Å². The molecule has 2 heterocycles. The molecule has 34 heavy (non-hydrogen) atoms. The van der Waals surface area contributed by atoms with Crippen molar-refractivity contribution in [3.63, 3.8) is 0 Å². The Hall–Kier alpha value is -4.39. The van der Waals surface area contributed by atoms with E-state index in [-0.39, 0.29) is 6.03 Å². The van der Waals surface area contributed by atoms with E-state index < -0.39 is 6.04 Å². The first-order valence-corrected chi connectivity index (χ1v) is 11.0. The van der Waals surface area contributed by atoms with E-state index in [1.165, 1.54) is 0 Å². The second kappa shape index (κ2) is 8.86. The number of hydrogen-bond donors (Lipinski definition) is 1. The van der Waals surface area contributed by atoms with Crippen molar-refractivity contribution in [2.75, 3.05) is 12.0 Å². The van der Waals surface area contributed by atoms with Crippen molar-refractivity contribution in [3.8, 4) is 17.1 Å². The Morgan fingerprint density at radius 2 is 1.74 bits per heavy atom. The lowest BCUT2D eigenvalue weighted by atomic mass is 9.94. The number of benzene rings is 3. The molecule has 0 saturated heterocycles. The number of anilines is 1. The van der Waals surface area contributed by atoms with Gasteiger partial charge in [0, 0.05) is 17.3 Å². The Balaban J connectivity index is 1.65. The molecule has 0 fully saturated rings. The van der Waals surface area contributed by atoms with E-state index in [0.29, 0.717) is 28.8 Å². The number of rotatable bonds is 5. The molecule has 2 amide bonds. The maximum absolute atomic E-state index is 13.3. The molecule has 1 atom stereocenters. The highest BCUT2D eigenvalue weighted by Gasteiger charge is 2.36. The molecule has 0 spiro atoms. The molecule has 7 nitrogen and oxygen atoms in total. The number of ether oxygens (including phenoxy) is 1. The topological polar surface area (TPSA) is 80.5 Å². The molecular formula is C27H24N4O3. The summed E-state index contributed by atoms with van der Waals surface area (Å²) >= 11 is 0. The number of urea groups is 1. The van der Waals surface area contributed by atoms with Crippen LogP contribution in [0.15, 0.2) is 89.1 Å². The zero-order valence-electron chi connectivity index (χ0n) is 19.1. The van der Waals surface area contributed by atoms with Crippen LogP contribution in [0.5, 0.6) is 5.75 Å². The monoisotopic (exact) mass is 452 g/mol. The molecule has 0 bridgehead atoms. The van der Waals surface area contributed by atoms with Crippen molar-refractivity contribution >= 4 is 17.3 Å². The smallest absolute Gasteiger partial charge is 0.327 e. The number of hydrogen-bond acceptors (Lipinski definition) is 5. The Morgan fingerprint density at radius 3 is 2.47 bits per heavy atom. The highest BCUT2D eigenvalue weighted by molar-refractivity contribution is 6.01. The molecule has 1 aromatic heterocycles. The van der Waals surface area contributed by atoms with Crippen LogP contribution in [-0.2, 0) is 0 Å². The van der Waals surface area contributed by atoms with Gasteiger partial charge in [0.25, 0.3) is 5.89 Å². The van der Waals surface area contributed by atoms with Crippen LogP contribution in [0.3, 0.4) is 0 Å². The van der Waals surface area contributed by atoms with Gasteiger partial charge in [-0.25, -0.2) is 4.79 Å². The van der Waals surface area contributed by atoms with E-state index in [0.717, 1.165) is 22.3 Å². The fourth-order valence-electron chi connectivity index (χ4n) is 4.13. The van der Waals surface area contributed by atoms with Crippen LogP contribution < -0.4 is 15.0 Å². The first-order chi connectivity index (χ1) is 16.5. The second-order valence-electron chi connectivity index (χ2n) is 8.12. The lowest BCUT2D eigenvalue weighted by Crippen LogP contribution is -2.46. The average molecular weight is 453 g/mol. The van der Waals surface area contributed by atoms with E-state index in [1.54, 1.807) is 12.0 Å². The van der Waals surface area contributed by atoms with Gasteiger partial charge in [-0.05, 0) is 31.5 Å². The molecule has 1 aliphatic rings. The van der Waals surface area contributed by atoms with Crippen molar-refractivity contribution in [3.05, 3.63) is 102 Å². The number of carbonyl (C=O) groups is 1. The summed E-state index contributed by atoms with van der Waals surface area (Å²) in [6, 6.07) is 24.4. The predicted octanol–water partition coefficient (Wildman–Crippen LogP) is 5.76. The van der Waals surface area contributed by atoms with Gasteiger partial charge in [-0.2, -0.15) is 4.98 Å².